The largest absolute Gasteiger partial charge is 0.508 e. The van der Waals surface area contributed by atoms with Crippen molar-refractivity contribution >= 4 is 0 Å². The molecular formula is C17H26FNO. The lowest BCUT2D eigenvalue weighted by atomic mass is 9.89. The minimum atomic E-state index is -0.380. The SMILES string of the molecule is CC(C)C1CCCN(C(C)c2ccc(F)cc2O)CC1. The van der Waals surface area contributed by atoms with Crippen LogP contribution in [0, 0.1) is 17.7 Å². The smallest absolute Gasteiger partial charge is 0.126 e. The first-order valence-corrected chi connectivity index (χ1v) is 7.71. The average molecular weight is 279 g/mol. The number of halogens is 1. The molecule has 0 aliphatic carbocycles. The van der Waals surface area contributed by atoms with Crippen LogP contribution in [-0.2, 0) is 0 Å². The Balaban J connectivity index is 2.07. The quantitative estimate of drug-likeness (QED) is 0.889. The highest BCUT2D eigenvalue weighted by Crippen LogP contribution is 2.32. The molecule has 1 heterocycles. The number of hydrogen-bond acceptors (Lipinski definition) is 2. The Kier molecular flexibility index (Phi) is 5.03. The highest BCUT2D eigenvalue weighted by molar-refractivity contribution is 5.35. The second kappa shape index (κ2) is 6.57. The molecule has 2 unspecified atom stereocenters. The van der Waals surface area contributed by atoms with Gasteiger partial charge in [-0.2, -0.15) is 0 Å². The van der Waals surface area contributed by atoms with Gasteiger partial charge in [-0.05, 0) is 57.2 Å². The van der Waals surface area contributed by atoms with E-state index < -0.39 is 0 Å². The molecule has 2 atom stereocenters. The summed E-state index contributed by atoms with van der Waals surface area (Å²) in [5.41, 5.74) is 0.828. The molecule has 1 fully saturated rings. The Hall–Kier alpha value is -1.09. The zero-order valence-electron chi connectivity index (χ0n) is 12.8. The van der Waals surface area contributed by atoms with E-state index in [-0.39, 0.29) is 17.6 Å². The zero-order chi connectivity index (χ0) is 14.7. The molecule has 0 amide bonds. The van der Waals surface area contributed by atoms with Crippen molar-refractivity contribution in [2.75, 3.05) is 13.1 Å². The van der Waals surface area contributed by atoms with Gasteiger partial charge in [0.15, 0.2) is 0 Å². The molecule has 1 aliphatic heterocycles. The molecule has 0 bridgehead atoms. The molecule has 3 heteroatoms. The van der Waals surface area contributed by atoms with Gasteiger partial charge in [0, 0.05) is 17.7 Å². The molecule has 0 spiro atoms. The number of phenols is 1. The van der Waals surface area contributed by atoms with Crippen LogP contribution in [0.2, 0.25) is 0 Å². The third-order valence-electron chi connectivity index (χ3n) is 4.74. The summed E-state index contributed by atoms with van der Waals surface area (Å²) in [6.45, 7) is 8.82. The number of rotatable bonds is 3. The Labute approximate surface area is 121 Å². The summed E-state index contributed by atoms with van der Waals surface area (Å²) < 4.78 is 13.1. The molecule has 1 aliphatic rings. The first-order chi connectivity index (χ1) is 9.49. The van der Waals surface area contributed by atoms with Crippen LogP contribution in [0.25, 0.3) is 0 Å². The van der Waals surface area contributed by atoms with Crippen molar-refractivity contribution in [1.29, 1.82) is 0 Å². The van der Waals surface area contributed by atoms with Crippen molar-refractivity contribution in [3.05, 3.63) is 29.6 Å². The third-order valence-corrected chi connectivity index (χ3v) is 4.74. The zero-order valence-corrected chi connectivity index (χ0v) is 12.8. The van der Waals surface area contributed by atoms with Crippen molar-refractivity contribution in [2.24, 2.45) is 11.8 Å². The van der Waals surface area contributed by atoms with Gasteiger partial charge in [-0.1, -0.05) is 19.9 Å². The molecule has 1 aromatic rings. The van der Waals surface area contributed by atoms with Gasteiger partial charge in [-0.25, -0.2) is 4.39 Å². The highest BCUT2D eigenvalue weighted by Gasteiger charge is 2.24. The van der Waals surface area contributed by atoms with E-state index >= 15 is 0 Å². The van der Waals surface area contributed by atoms with Gasteiger partial charge in [0.1, 0.15) is 11.6 Å². The second-order valence-corrected chi connectivity index (χ2v) is 6.35. The summed E-state index contributed by atoms with van der Waals surface area (Å²) >= 11 is 0. The molecular weight excluding hydrogens is 253 g/mol. The maximum Gasteiger partial charge on any atom is 0.126 e. The Morgan fingerprint density at radius 2 is 1.95 bits per heavy atom. The summed E-state index contributed by atoms with van der Waals surface area (Å²) in [6.07, 6.45) is 3.70. The van der Waals surface area contributed by atoms with Crippen molar-refractivity contribution in [2.45, 2.75) is 46.1 Å². The lowest BCUT2D eigenvalue weighted by Gasteiger charge is -2.28. The van der Waals surface area contributed by atoms with E-state index in [1.807, 2.05) is 0 Å². The fraction of sp³-hybridized carbons (Fsp3) is 0.647. The van der Waals surface area contributed by atoms with Gasteiger partial charge in [-0.3, -0.25) is 4.90 Å². The van der Waals surface area contributed by atoms with Gasteiger partial charge < -0.3 is 5.11 Å². The first kappa shape index (κ1) is 15.3. The summed E-state index contributed by atoms with van der Waals surface area (Å²) in [5.74, 6) is 1.23. The fourth-order valence-electron chi connectivity index (χ4n) is 3.27. The molecule has 1 saturated heterocycles. The van der Waals surface area contributed by atoms with Crippen LogP contribution in [0.4, 0.5) is 4.39 Å². The van der Waals surface area contributed by atoms with Gasteiger partial charge in [0.05, 0.1) is 0 Å². The van der Waals surface area contributed by atoms with Crippen LogP contribution in [-0.4, -0.2) is 23.1 Å². The monoisotopic (exact) mass is 279 g/mol. The predicted octanol–water partition coefficient (Wildman–Crippen LogP) is 4.35. The van der Waals surface area contributed by atoms with E-state index in [2.05, 4.69) is 25.7 Å². The maximum atomic E-state index is 13.1. The van der Waals surface area contributed by atoms with Crippen LogP contribution in [0.5, 0.6) is 5.75 Å². The second-order valence-electron chi connectivity index (χ2n) is 6.35. The van der Waals surface area contributed by atoms with E-state index in [0.717, 1.165) is 30.5 Å². The summed E-state index contributed by atoms with van der Waals surface area (Å²) in [6, 6.07) is 4.49. The van der Waals surface area contributed by atoms with Crippen molar-refractivity contribution < 1.29 is 9.50 Å². The molecule has 20 heavy (non-hydrogen) atoms. The van der Waals surface area contributed by atoms with Crippen molar-refractivity contribution in [3.8, 4) is 5.75 Å². The molecule has 0 radical (unpaired) electrons. The molecule has 1 aromatic carbocycles. The van der Waals surface area contributed by atoms with E-state index in [9.17, 15) is 9.50 Å². The number of hydrogen-bond donors (Lipinski definition) is 1. The number of benzene rings is 1. The molecule has 112 valence electrons. The number of likely N-dealkylation sites (tertiary alicyclic amines) is 1. The van der Waals surface area contributed by atoms with Gasteiger partial charge >= 0.3 is 0 Å². The van der Waals surface area contributed by atoms with Crippen LogP contribution in [0.3, 0.4) is 0 Å². The maximum absolute atomic E-state index is 13.1. The molecule has 1 N–H and O–H groups in total. The third kappa shape index (κ3) is 3.51. The van der Waals surface area contributed by atoms with E-state index in [1.54, 1.807) is 6.07 Å². The number of nitrogens with zero attached hydrogens (tertiary/aromatic N) is 1. The normalized spacial score (nSPS) is 22.8. The van der Waals surface area contributed by atoms with E-state index in [1.165, 1.54) is 31.4 Å². The highest BCUT2D eigenvalue weighted by atomic mass is 19.1. The average Bonchev–Trinajstić information content (AvgIpc) is 2.63. The molecule has 0 aromatic heterocycles. The minimum Gasteiger partial charge on any atom is -0.508 e. The molecule has 2 rings (SSSR count). The Morgan fingerprint density at radius 1 is 1.20 bits per heavy atom. The minimum absolute atomic E-state index is 0.0714. The van der Waals surface area contributed by atoms with Gasteiger partial charge in [-0.15, -0.1) is 0 Å². The molecule has 0 saturated carbocycles. The first-order valence-electron chi connectivity index (χ1n) is 7.71. The van der Waals surface area contributed by atoms with Crippen molar-refractivity contribution in [3.63, 3.8) is 0 Å². The standard InChI is InChI=1S/C17H26FNO/c1-12(2)14-5-4-9-19(10-8-14)13(3)16-7-6-15(18)11-17(16)20/h6-7,11-14,20H,4-5,8-10H2,1-3H3. The van der Waals surface area contributed by atoms with Gasteiger partial charge in [0.2, 0.25) is 0 Å². The number of aromatic hydroxyl groups is 1. The topological polar surface area (TPSA) is 23.5 Å². The Morgan fingerprint density at radius 3 is 2.60 bits per heavy atom. The van der Waals surface area contributed by atoms with Crippen LogP contribution in [0.1, 0.15) is 51.6 Å². The molecule has 2 nitrogen and oxygen atoms in total. The van der Waals surface area contributed by atoms with Crippen LogP contribution >= 0.6 is 0 Å². The van der Waals surface area contributed by atoms with E-state index in [4.69, 9.17) is 0 Å². The summed E-state index contributed by atoms with van der Waals surface area (Å²) in [5, 5.41) is 9.94. The van der Waals surface area contributed by atoms with Gasteiger partial charge in [0.25, 0.3) is 0 Å². The predicted molar refractivity (Wildman–Crippen MR) is 80.2 cm³/mol. The fourth-order valence-corrected chi connectivity index (χ4v) is 3.27. The number of phenolic OH excluding ortho intramolecular Hbond substituents is 1. The summed E-state index contributed by atoms with van der Waals surface area (Å²) in [4.78, 5) is 2.41. The van der Waals surface area contributed by atoms with E-state index in [0.29, 0.717) is 0 Å². The Bertz CT molecular complexity index is 447. The van der Waals surface area contributed by atoms with Crippen LogP contribution in [0.15, 0.2) is 18.2 Å². The lowest BCUT2D eigenvalue weighted by Crippen LogP contribution is -2.28. The summed E-state index contributed by atoms with van der Waals surface area (Å²) in [7, 11) is 0. The lowest BCUT2D eigenvalue weighted by molar-refractivity contribution is 0.209. The van der Waals surface area contributed by atoms with Crippen molar-refractivity contribution in [1.82, 2.24) is 4.90 Å². The van der Waals surface area contributed by atoms with Crippen LogP contribution < -0.4 is 0 Å².